The number of carbonyl (C=O) groups excluding carboxylic acids is 1. The Kier molecular flexibility index (Phi) is 5.38. The van der Waals surface area contributed by atoms with Gasteiger partial charge < -0.3 is 10.6 Å². The average molecular weight is 285 g/mol. The number of alkyl halides is 3. The molecule has 108 valence electrons. The summed E-state index contributed by atoms with van der Waals surface area (Å²) < 4.78 is 37.4. The molecule has 1 amide bonds. The minimum absolute atomic E-state index is 0.153. The Hall–Kier alpha value is -2.23. The lowest BCUT2D eigenvalue weighted by Gasteiger charge is -2.11. The number of halogens is 3. The SMILES string of the molecule is C[C@H](C#N)CNC(=O)CNc1cccc(C(F)(F)F)c1. The van der Waals surface area contributed by atoms with Crippen molar-refractivity contribution in [1.82, 2.24) is 5.32 Å². The molecule has 0 saturated carbocycles. The van der Waals surface area contributed by atoms with Crippen LogP contribution in [0.15, 0.2) is 24.3 Å². The van der Waals surface area contributed by atoms with Crippen LogP contribution in [0, 0.1) is 17.2 Å². The van der Waals surface area contributed by atoms with Gasteiger partial charge in [-0.2, -0.15) is 18.4 Å². The highest BCUT2D eigenvalue weighted by Gasteiger charge is 2.30. The molecule has 0 saturated heterocycles. The molecule has 4 nitrogen and oxygen atoms in total. The number of benzene rings is 1. The van der Waals surface area contributed by atoms with Crippen LogP contribution in [0.3, 0.4) is 0 Å². The number of nitrogens with zero attached hydrogens (tertiary/aromatic N) is 1. The van der Waals surface area contributed by atoms with Gasteiger partial charge in [-0.15, -0.1) is 0 Å². The second kappa shape index (κ2) is 6.80. The summed E-state index contributed by atoms with van der Waals surface area (Å²) in [4.78, 5) is 11.4. The van der Waals surface area contributed by atoms with E-state index in [0.717, 1.165) is 12.1 Å². The van der Waals surface area contributed by atoms with E-state index in [1.807, 2.05) is 6.07 Å². The third-order valence-electron chi connectivity index (χ3n) is 2.47. The predicted octanol–water partition coefficient (Wildman–Crippen LogP) is 2.39. The first-order valence-electron chi connectivity index (χ1n) is 5.90. The van der Waals surface area contributed by atoms with Crippen LogP contribution in [0.2, 0.25) is 0 Å². The van der Waals surface area contributed by atoms with E-state index < -0.39 is 11.7 Å². The van der Waals surface area contributed by atoms with E-state index in [4.69, 9.17) is 5.26 Å². The maximum atomic E-state index is 12.5. The number of anilines is 1. The maximum absolute atomic E-state index is 12.5. The Morgan fingerprint density at radius 1 is 1.45 bits per heavy atom. The molecule has 1 aromatic carbocycles. The first kappa shape index (κ1) is 15.8. The van der Waals surface area contributed by atoms with Gasteiger partial charge in [-0.3, -0.25) is 4.79 Å². The van der Waals surface area contributed by atoms with E-state index in [1.54, 1.807) is 6.92 Å². The fraction of sp³-hybridized carbons (Fsp3) is 0.385. The molecule has 20 heavy (non-hydrogen) atoms. The molecule has 0 aromatic heterocycles. The Morgan fingerprint density at radius 2 is 2.15 bits per heavy atom. The molecule has 1 aromatic rings. The van der Waals surface area contributed by atoms with E-state index in [9.17, 15) is 18.0 Å². The fourth-order valence-electron chi connectivity index (χ4n) is 1.36. The third kappa shape index (κ3) is 5.18. The summed E-state index contributed by atoms with van der Waals surface area (Å²) in [6.45, 7) is 1.71. The summed E-state index contributed by atoms with van der Waals surface area (Å²) in [7, 11) is 0. The van der Waals surface area contributed by atoms with Gasteiger partial charge in [-0.25, -0.2) is 0 Å². The molecule has 0 radical (unpaired) electrons. The molecule has 1 rings (SSSR count). The highest BCUT2D eigenvalue weighted by Crippen LogP contribution is 2.30. The lowest BCUT2D eigenvalue weighted by molar-refractivity contribution is -0.137. The molecule has 0 spiro atoms. The van der Waals surface area contributed by atoms with Gasteiger partial charge in [-0.1, -0.05) is 6.07 Å². The molecule has 0 bridgehead atoms. The molecule has 0 fully saturated rings. The van der Waals surface area contributed by atoms with Gasteiger partial charge in [0.2, 0.25) is 5.91 Å². The first-order valence-corrected chi connectivity index (χ1v) is 5.90. The lowest BCUT2D eigenvalue weighted by Crippen LogP contribution is -2.32. The number of amides is 1. The zero-order chi connectivity index (χ0) is 15.2. The van der Waals surface area contributed by atoms with Crippen molar-refractivity contribution in [3.63, 3.8) is 0 Å². The Balaban J connectivity index is 2.50. The summed E-state index contributed by atoms with van der Waals surface area (Å²) in [5, 5.41) is 13.6. The Morgan fingerprint density at radius 3 is 2.75 bits per heavy atom. The van der Waals surface area contributed by atoms with Gasteiger partial charge in [0, 0.05) is 12.2 Å². The van der Waals surface area contributed by atoms with E-state index in [-0.39, 0.29) is 30.6 Å². The van der Waals surface area contributed by atoms with Gasteiger partial charge in [0.15, 0.2) is 0 Å². The normalized spacial score (nSPS) is 12.3. The number of nitrogens with one attached hydrogen (secondary N) is 2. The fourth-order valence-corrected chi connectivity index (χ4v) is 1.36. The summed E-state index contributed by atoms with van der Waals surface area (Å²) in [5.41, 5.74) is -0.565. The molecule has 0 aliphatic rings. The van der Waals surface area contributed by atoms with Crippen LogP contribution in [0.25, 0.3) is 0 Å². The second-order valence-corrected chi connectivity index (χ2v) is 4.27. The molecule has 2 N–H and O–H groups in total. The van der Waals surface area contributed by atoms with Gasteiger partial charge in [0.05, 0.1) is 24.1 Å². The van der Waals surface area contributed by atoms with Crippen molar-refractivity contribution in [3.05, 3.63) is 29.8 Å². The van der Waals surface area contributed by atoms with Crippen molar-refractivity contribution in [1.29, 1.82) is 5.26 Å². The van der Waals surface area contributed by atoms with Crippen LogP contribution in [-0.4, -0.2) is 19.0 Å². The maximum Gasteiger partial charge on any atom is 0.416 e. The van der Waals surface area contributed by atoms with Crippen molar-refractivity contribution in [2.75, 3.05) is 18.4 Å². The van der Waals surface area contributed by atoms with E-state index >= 15 is 0 Å². The summed E-state index contributed by atoms with van der Waals surface area (Å²) in [6, 6.07) is 6.56. The molecule has 7 heteroatoms. The smallest absolute Gasteiger partial charge is 0.376 e. The number of nitriles is 1. The summed E-state index contributed by atoms with van der Waals surface area (Å²) in [5.74, 6) is -0.697. The lowest BCUT2D eigenvalue weighted by atomic mass is 10.2. The molecule has 1 atom stereocenters. The molecule has 0 heterocycles. The highest BCUT2D eigenvalue weighted by molar-refractivity contribution is 5.80. The quantitative estimate of drug-likeness (QED) is 0.873. The molecular formula is C13H14F3N3O. The summed E-state index contributed by atoms with van der Waals surface area (Å²) in [6.07, 6.45) is -4.41. The number of hydrogen-bond donors (Lipinski definition) is 2. The van der Waals surface area contributed by atoms with Crippen LogP contribution < -0.4 is 10.6 Å². The van der Waals surface area contributed by atoms with E-state index in [2.05, 4.69) is 10.6 Å². The van der Waals surface area contributed by atoms with Crippen LogP contribution in [0.4, 0.5) is 18.9 Å². The highest BCUT2D eigenvalue weighted by atomic mass is 19.4. The minimum atomic E-state index is -4.41. The van der Waals surface area contributed by atoms with Crippen molar-refractivity contribution >= 4 is 11.6 Å². The van der Waals surface area contributed by atoms with Crippen LogP contribution in [-0.2, 0) is 11.0 Å². The van der Waals surface area contributed by atoms with E-state index in [1.165, 1.54) is 12.1 Å². The van der Waals surface area contributed by atoms with Gasteiger partial charge >= 0.3 is 6.18 Å². The van der Waals surface area contributed by atoms with Crippen molar-refractivity contribution in [2.45, 2.75) is 13.1 Å². The Labute approximate surface area is 114 Å². The van der Waals surface area contributed by atoms with Crippen molar-refractivity contribution < 1.29 is 18.0 Å². The number of carbonyl (C=O) groups is 1. The molecular weight excluding hydrogens is 271 g/mol. The monoisotopic (exact) mass is 285 g/mol. The van der Waals surface area contributed by atoms with Crippen molar-refractivity contribution in [3.8, 4) is 6.07 Å². The largest absolute Gasteiger partial charge is 0.416 e. The van der Waals surface area contributed by atoms with Crippen LogP contribution >= 0.6 is 0 Å². The number of rotatable bonds is 5. The molecule has 0 aliphatic carbocycles. The van der Waals surface area contributed by atoms with Crippen LogP contribution in [0.5, 0.6) is 0 Å². The van der Waals surface area contributed by atoms with Crippen LogP contribution in [0.1, 0.15) is 12.5 Å². The zero-order valence-electron chi connectivity index (χ0n) is 10.8. The minimum Gasteiger partial charge on any atom is -0.376 e. The van der Waals surface area contributed by atoms with Crippen molar-refractivity contribution in [2.24, 2.45) is 5.92 Å². The second-order valence-electron chi connectivity index (χ2n) is 4.27. The molecule has 0 unspecified atom stereocenters. The van der Waals surface area contributed by atoms with E-state index in [0.29, 0.717) is 0 Å². The molecule has 0 aliphatic heterocycles. The number of hydrogen-bond acceptors (Lipinski definition) is 3. The zero-order valence-corrected chi connectivity index (χ0v) is 10.8. The predicted molar refractivity (Wildman–Crippen MR) is 67.7 cm³/mol. The Bertz CT molecular complexity index is 508. The third-order valence-corrected chi connectivity index (χ3v) is 2.47. The van der Waals surface area contributed by atoms with Gasteiger partial charge in [0.25, 0.3) is 0 Å². The summed E-state index contributed by atoms with van der Waals surface area (Å²) >= 11 is 0. The van der Waals surface area contributed by atoms with Gasteiger partial charge in [-0.05, 0) is 25.1 Å². The average Bonchev–Trinajstić information content (AvgIpc) is 2.41. The van der Waals surface area contributed by atoms with Gasteiger partial charge in [0.1, 0.15) is 0 Å². The first-order chi connectivity index (χ1) is 9.32. The topological polar surface area (TPSA) is 64.9 Å². The standard InChI is InChI=1S/C13H14F3N3O/c1-9(6-17)7-19-12(20)8-18-11-4-2-3-10(5-11)13(14,15)16/h2-5,9,18H,7-8H2,1H3,(H,19,20)/t9-/m1/s1.